The first kappa shape index (κ1) is 23.1. The van der Waals surface area contributed by atoms with Gasteiger partial charge in [-0.3, -0.25) is 9.36 Å². The van der Waals surface area contributed by atoms with Crippen LogP contribution in [0, 0.1) is 20.8 Å². The van der Waals surface area contributed by atoms with Gasteiger partial charge in [-0.15, -0.1) is 16.8 Å². The summed E-state index contributed by atoms with van der Waals surface area (Å²) in [4.78, 5) is 12.4. The Hall–Kier alpha value is -2.58. The Kier molecular flexibility index (Phi) is 7.92. The SMILES string of the molecule is C=CCn1c(COc2cccc(C)c2C)nnc1SCC(=O)Nc1ccc(Br)c(C)c1. The number of hydrogen-bond donors (Lipinski definition) is 1. The number of nitrogens with one attached hydrogen (secondary N) is 1. The van der Waals surface area contributed by atoms with Crippen LogP contribution in [0.1, 0.15) is 22.5 Å². The van der Waals surface area contributed by atoms with Gasteiger partial charge in [0.25, 0.3) is 0 Å². The molecule has 3 aromatic rings. The Labute approximate surface area is 195 Å². The molecule has 1 amide bonds. The van der Waals surface area contributed by atoms with Crippen molar-refractivity contribution in [1.29, 1.82) is 0 Å². The van der Waals surface area contributed by atoms with E-state index in [0.29, 0.717) is 17.5 Å². The van der Waals surface area contributed by atoms with Crippen LogP contribution in [0.25, 0.3) is 0 Å². The molecule has 0 aliphatic carbocycles. The summed E-state index contributed by atoms with van der Waals surface area (Å²) in [6.45, 7) is 10.7. The number of allylic oxidation sites excluding steroid dienone is 1. The van der Waals surface area contributed by atoms with E-state index in [-0.39, 0.29) is 18.3 Å². The van der Waals surface area contributed by atoms with E-state index in [4.69, 9.17) is 4.74 Å². The highest BCUT2D eigenvalue weighted by molar-refractivity contribution is 9.10. The van der Waals surface area contributed by atoms with E-state index in [9.17, 15) is 4.79 Å². The largest absolute Gasteiger partial charge is 0.485 e. The molecule has 31 heavy (non-hydrogen) atoms. The molecule has 0 aliphatic rings. The van der Waals surface area contributed by atoms with Crippen molar-refractivity contribution in [3.05, 3.63) is 76.0 Å². The fourth-order valence-electron chi connectivity index (χ4n) is 2.92. The molecule has 1 aromatic heterocycles. The van der Waals surface area contributed by atoms with E-state index in [1.807, 2.05) is 48.7 Å². The standard InChI is InChI=1S/C23H25BrN4O2S/c1-5-11-28-21(13-30-20-8-6-7-15(2)17(20)4)26-27-23(28)31-14-22(29)25-18-9-10-19(24)16(3)12-18/h5-10,12H,1,11,13-14H2,2-4H3,(H,25,29). The summed E-state index contributed by atoms with van der Waals surface area (Å²) in [6, 6.07) is 11.7. The summed E-state index contributed by atoms with van der Waals surface area (Å²) in [7, 11) is 0. The molecule has 1 N–H and O–H groups in total. The number of ether oxygens (including phenoxy) is 1. The molecule has 1 heterocycles. The normalized spacial score (nSPS) is 10.7. The van der Waals surface area contributed by atoms with Crippen molar-refractivity contribution in [1.82, 2.24) is 14.8 Å². The summed E-state index contributed by atoms with van der Waals surface area (Å²) in [5, 5.41) is 12.1. The molecule has 0 unspecified atom stereocenters. The maximum atomic E-state index is 12.4. The highest BCUT2D eigenvalue weighted by Crippen LogP contribution is 2.24. The zero-order valence-corrected chi connectivity index (χ0v) is 20.2. The number of anilines is 1. The summed E-state index contributed by atoms with van der Waals surface area (Å²) in [6.07, 6.45) is 1.78. The fourth-order valence-corrected chi connectivity index (χ4v) is 3.93. The van der Waals surface area contributed by atoms with Crippen molar-refractivity contribution in [2.45, 2.75) is 39.1 Å². The van der Waals surface area contributed by atoms with Gasteiger partial charge in [0.2, 0.25) is 5.91 Å². The van der Waals surface area contributed by atoms with Gasteiger partial charge in [0, 0.05) is 16.7 Å². The Balaban J connectivity index is 1.64. The van der Waals surface area contributed by atoms with Crippen LogP contribution in [0.5, 0.6) is 5.75 Å². The van der Waals surface area contributed by atoms with Crippen LogP contribution >= 0.6 is 27.7 Å². The van der Waals surface area contributed by atoms with E-state index in [2.05, 4.69) is 51.0 Å². The number of rotatable bonds is 9. The average molecular weight is 501 g/mol. The first-order valence-corrected chi connectivity index (χ1v) is 11.6. The van der Waals surface area contributed by atoms with Crippen molar-refractivity contribution >= 4 is 39.3 Å². The van der Waals surface area contributed by atoms with Crippen molar-refractivity contribution < 1.29 is 9.53 Å². The van der Waals surface area contributed by atoms with E-state index in [1.165, 1.54) is 17.3 Å². The van der Waals surface area contributed by atoms with E-state index in [0.717, 1.165) is 27.0 Å². The third-order valence-corrected chi connectivity index (χ3v) is 6.65. The van der Waals surface area contributed by atoms with Crippen LogP contribution in [-0.2, 0) is 17.9 Å². The first-order valence-electron chi connectivity index (χ1n) is 9.80. The predicted octanol–water partition coefficient (Wildman–Crippen LogP) is 5.46. The van der Waals surface area contributed by atoms with E-state index < -0.39 is 0 Å². The second kappa shape index (κ2) is 10.6. The van der Waals surface area contributed by atoms with Gasteiger partial charge in [-0.05, 0) is 61.7 Å². The summed E-state index contributed by atoms with van der Waals surface area (Å²) in [5.41, 5.74) is 4.10. The average Bonchev–Trinajstić information content (AvgIpc) is 3.12. The van der Waals surface area contributed by atoms with E-state index >= 15 is 0 Å². The second-order valence-electron chi connectivity index (χ2n) is 7.09. The molecule has 162 valence electrons. The second-order valence-corrected chi connectivity index (χ2v) is 8.88. The van der Waals surface area contributed by atoms with Gasteiger partial charge < -0.3 is 10.1 Å². The molecular formula is C23H25BrN4O2S. The van der Waals surface area contributed by atoms with Crippen LogP contribution in [-0.4, -0.2) is 26.4 Å². The number of thioether (sulfide) groups is 1. The van der Waals surface area contributed by atoms with Crippen LogP contribution < -0.4 is 10.1 Å². The van der Waals surface area contributed by atoms with E-state index in [1.54, 1.807) is 6.08 Å². The highest BCUT2D eigenvalue weighted by Gasteiger charge is 2.15. The molecule has 2 aromatic carbocycles. The molecule has 0 spiro atoms. The number of aryl methyl sites for hydroxylation is 2. The minimum atomic E-state index is -0.104. The molecule has 6 nitrogen and oxygen atoms in total. The quantitative estimate of drug-likeness (QED) is 0.312. The van der Waals surface area contributed by atoms with Crippen molar-refractivity contribution in [3.8, 4) is 5.75 Å². The van der Waals surface area contributed by atoms with Gasteiger partial charge in [-0.2, -0.15) is 0 Å². The maximum absolute atomic E-state index is 12.4. The number of hydrogen-bond acceptors (Lipinski definition) is 5. The minimum Gasteiger partial charge on any atom is -0.485 e. The number of benzene rings is 2. The number of carbonyl (C=O) groups excluding carboxylic acids is 1. The molecule has 8 heteroatoms. The summed E-state index contributed by atoms with van der Waals surface area (Å²) < 4.78 is 8.90. The van der Waals surface area contributed by atoms with Crippen molar-refractivity contribution in [3.63, 3.8) is 0 Å². The van der Waals surface area contributed by atoms with Crippen LogP contribution in [0.15, 0.2) is 58.7 Å². The monoisotopic (exact) mass is 500 g/mol. The highest BCUT2D eigenvalue weighted by atomic mass is 79.9. The lowest BCUT2D eigenvalue weighted by Crippen LogP contribution is -2.15. The van der Waals surface area contributed by atoms with Gasteiger partial charge in [0.1, 0.15) is 12.4 Å². The minimum absolute atomic E-state index is 0.104. The third-order valence-electron chi connectivity index (χ3n) is 4.79. The smallest absolute Gasteiger partial charge is 0.234 e. The molecule has 0 saturated carbocycles. The number of amides is 1. The Bertz CT molecular complexity index is 1100. The van der Waals surface area contributed by atoms with Gasteiger partial charge >= 0.3 is 0 Å². The zero-order chi connectivity index (χ0) is 22.4. The Morgan fingerprint density at radius 3 is 2.77 bits per heavy atom. The molecule has 0 aliphatic heterocycles. The number of carbonyl (C=O) groups is 1. The van der Waals surface area contributed by atoms with Gasteiger partial charge in [-0.25, -0.2) is 0 Å². The fraction of sp³-hybridized carbons (Fsp3) is 0.261. The Morgan fingerprint density at radius 1 is 1.23 bits per heavy atom. The van der Waals surface area contributed by atoms with Crippen molar-refractivity contribution in [2.24, 2.45) is 0 Å². The van der Waals surface area contributed by atoms with Crippen molar-refractivity contribution in [2.75, 3.05) is 11.1 Å². The molecule has 0 bridgehead atoms. The third kappa shape index (κ3) is 5.98. The van der Waals surface area contributed by atoms with Crippen LogP contribution in [0.3, 0.4) is 0 Å². The zero-order valence-electron chi connectivity index (χ0n) is 17.8. The molecule has 0 atom stereocenters. The van der Waals surface area contributed by atoms with Crippen LogP contribution in [0.2, 0.25) is 0 Å². The summed E-state index contributed by atoms with van der Waals surface area (Å²) >= 11 is 4.80. The predicted molar refractivity (Wildman–Crippen MR) is 129 cm³/mol. The molecule has 0 saturated heterocycles. The van der Waals surface area contributed by atoms with Gasteiger partial charge in [0.15, 0.2) is 11.0 Å². The number of nitrogens with zero attached hydrogens (tertiary/aromatic N) is 3. The maximum Gasteiger partial charge on any atom is 0.234 e. The molecular weight excluding hydrogens is 476 g/mol. The first-order chi connectivity index (χ1) is 14.9. The van der Waals surface area contributed by atoms with Crippen LogP contribution in [0.4, 0.5) is 5.69 Å². The Morgan fingerprint density at radius 2 is 2.03 bits per heavy atom. The summed E-state index contributed by atoms with van der Waals surface area (Å²) in [5.74, 6) is 1.63. The lowest BCUT2D eigenvalue weighted by molar-refractivity contribution is -0.113. The number of halogens is 1. The molecule has 0 radical (unpaired) electrons. The lowest BCUT2D eigenvalue weighted by Gasteiger charge is -2.12. The number of aromatic nitrogens is 3. The molecule has 3 rings (SSSR count). The lowest BCUT2D eigenvalue weighted by atomic mass is 10.1. The van der Waals surface area contributed by atoms with Gasteiger partial charge in [0.05, 0.1) is 5.75 Å². The van der Waals surface area contributed by atoms with Gasteiger partial charge in [-0.1, -0.05) is 45.9 Å². The topological polar surface area (TPSA) is 69.0 Å². The molecule has 0 fully saturated rings.